The van der Waals surface area contributed by atoms with Gasteiger partial charge in [0.25, 0.3) is 0 Å². The number of hydrogen-bond acceptors (Lipinski definition) is 4. The molecule has 0 aliphatic heterocycles. The monoisotopic (exact) mass is 282 g/mol. The van der Waals surface area contributed by atoms with E-state index in [1.165, 1.54) is 13.0 Å². The molecule has 5 nitrogen and oxygen atoms in total. The first-order valence-corrected chi connectivity index (χ1v) is 6.52. The van der Waals surface area contributed by atoms with Crippen LogP contribution in [0.5, 0.6) is 0 Å². The van der Waals surface area contributed by atoms with Crippen LogP contribution in [0.2, 0.25) is 0 Å². The predicted molar refractivity (Wildman–Crippen MR) is 81.1 cm³/mol. The molecule has 1 aromatic carbocycles. The molecule has 0 saturated carbocycles. The Hall–Kier alpha value is -2.82. The zero-order valence-corrected chi connectivity index (χ0v) is 11.7. The number of aliphatic hydroxyl groups excluding tert-OH is 1. The average molecular weight is 282 g/mol. The van der Waals surface area contributed by atoms with E-state index in [9.17, 15) is 9.90 Å². The van der Waals surface area contributed by atoms with Crippen molar-refractivity contribution < 1.29 is 9.52 Å². The van der Waals surface area contributed by atoms with Gasteiger partial charge in [0.15, 0.2) is 0 Å². The van der Waals surface area contributed by atoms with Gasteiger partial charge >= 0.3 is 5.63 Å². The van der Waals surface area contributed by atoms with Crippen LogP contribution in [0.1, 0.15) is 18.2 Å². The molecule has 3 rings (SSSR count). The first kappa shape index (κ1) is 13.2. The Labute approximate surface area is 120 Å². The summed E-state index contributed by atoms with van der Waals surface area (Å²) in [4.78, 5) is 19.6. The molecule has 0 fully saturated rings. The van der Waals surface area contributed by atoms with E-state index >= 15 is 0 Å². The van der Waals surface area contributed by atoms with E-state index in [1.54, 1.807) is 6.07 Å². The zero-order chi connectivity index (χ0) is 15.0. The Morgan fingerprint density at radius 3 is 2.86 bits per heavy atom. The second-order valence-electron chi connectivity index (χ2n) is 4.88. The SMILES string of the molecule is C/C(O)=C\c1oc(=O)c(-c2nc3ccccc3[nH]2)cc1C. The lowest BCUT2D eigenvalue weighted by Gasteiger charge is -2.02. The highest BCUT2D eigenvalue weighted by Gasteiger charge is 2.13. The smallest absolute Gasteiger partial charge is 0.347 e. The van der Waals surface area contributed by atoms with Crippen molar-refractivity contribution in [1.82, 2.24) is 9.97 Å². The Morgan fingerprint density at radius 1 is 1.38 bits per heavy atom. The number of aromatic nitrogens is 2. The number of benzene rings is 1. The number of para-hydroxylation sites is 2. The maximum Gasteiger partial charge on any atom is 0.347 e. The van der Waals surface area contributed by atoms with Gasteiger partial charge < -0.3 is 14.5 Å². The summed E-state index contributed by atoms with van der Waals surface area (Å²) in [7, 11) is 0. The van der Waals surface area contributed by atoms with Crippen molar-refractivity contribution in [1.29, 1.82) is 0 Å². The van der Waals surface area contributed by atoms with E-state index in [2.05, 4.69) is 9.97 Å². The molecule has 0 aliphatic carbocycles. The summed E-state index contributed by atoms with van der Waals surface area (Å²) in [6.45, 7) is 3.33. The van der Waals surface area contributed by atoms with E-state index < -0.39 is 5.63 Å². The van der Waals surface area contributed by atoms with E-state index in [0.29, 0.717) is 17.1 Å². The minimum atomic E-state index is -0.493. The van der Waals surface area contributed by atoms with Gasteiger partial charge in [-0.25, -0.2) is 9.78 Å². The molecule has 2 heterocycles. The number of rotatable bonds is 2. The number of allylic oxidation sites excluding steroid dienone is 1. The van der Waals surface area contributed by atoms with Crippen LogP contribution in [0.25, 0.3) is 28.5 Å². The third kappa shape index (κ3) is 2.45. The molecule has 0 spiro atoms. The summed E-state index contributed by atoms with van der Waals surface area (Å²) in [6.07, 6.45) is 1.42. The van der Waals surface area contributed by atoms with Crippen molar-refractivity contribution in [2.45, 2.75) is 13.8 Å². The highest BCUT2D eigenvalue weighted by Crippen LogP contribution is 2.20. The van der Waals surface area contributed by atoms with E-state index in [0.717, 1.165) is 16.6 Å². The summed E-state index contributed by atoms with van der Waals surface area (Å²) < 4.78 is 5.25. The van der Waals surface area contributed by atoms with Gasteiger partial charge in [0, 0.05) is 6.08 Å². The molecule has 0 unspecified atom stereocenters. The molecule has 0 radical (unpaired) electrons. The van der Waals surface area contributed by atoms with Gasteiger partial charge in [0.1, 0.15) is 17.1 Å². The normalized spacial score (nSPS) is 12.0. The van der Waals surface area contributed by atoms with Gasteiger partial charge in [-0.05, 0) is 37.6 Å². The van der Waals surface area contributed by atoms with Crippen molar-refractivity contribution >= 4 is 17.1 Å². The summed E-state index contributed by atoms with van der Waals surface area (Å²) in [6, 6.07) is 9.26. The number of nitrogens with one attached hydrogen (secondary N) is 1. The first-order valence-electron chi connectivity index (χ1n) is 6.52. The maximum absolute atomic E-state index is 12.1. The van der Waals surface area contributed by atoms with Crippen molar-refractivity contribution in [2.24, 2.45) is 0 Å². The second kappa shape index (κ2) is 4.94. The van der Waals surface area contributed by atoms with Gasteiger partial charge in [-0.3, -0.25) is 0 Å². The summed E-state index contributed by atoms with van der Waals surface area (Å²) >= 11 is 0. The number of hydrogen-bond donors (Lipinski definition) is 2. The van der Waals surface area contributed by atoms with Crippen molar-refractivity contribution in [3.63, 3.8) is 0 Å². The van der Waals surface area contributed by atoms with Crippen LogP contribution in [0.15, 0.2) is 45.3 Å². The molecule has 0 atom stereocenters. The van der Waals surface area contributed by atoms with Crippen LogP contribution >= 0.6 is 0 Å². The van der Waals surface area contributed by atoms with Crippen molar-refractivity contribution in [3.8, 4) is 11.4 Å². The summed E-state index contributed by atoms with van der Waals surface area (Å²) in [5.74, 6) is 0.905. The van der Waals surface area contributed by atoms with Gasteiger partial charge in [-0.2, -0.15) is 0 Å². The largest absolute Gasteiger partial charge is 0.512 e. The fraction of sp³-hybridized carbons (Fsp3) is 0.125. The number of H-pyrrole nitrogens is 1. The van der Waals surface area contributed by atoms with Crippen molar-refractivity contribution in [2.75, 3.05) is 0 Å². The topological polar surface area (TPSA) is 79.1 Å². The standard InChI is InChI=1S/C16H14N2O3/c1-9-7-11(16(20)21-14(9)8-10(2)19)15-17-12-5-3-4-6-13(12)18-15/h3-8,19H,1-2H3,(H,17,18)/b10-8+. The molecule has 2 aromatic heterocycles. The highest BCUT2D eigenvalue weighted by molar-refractivity contribution is 5.79. The number of aromatic amines is 1. The van der Waals surface area contributed by atoms with Crippen molar-refractivity contribution in [3.05, 3.63) is 57.8 Å². The van der Waals surface area contributed by atoms with Gasteiger partial charge in [-0.1, -0.05) is 12.1 Å². The molecular weight excluding hydrogens is 268 g/mol. The maximum atomic E-state index is 12.1. The quantitative estimate of drug-likeness (QED) is 0.706. The molecule has 0 aliphatic rings. The molecule has 0 bridgehead atoms. The minimum Gasteiger partial charge on any atom is -0.512 e. The summed E-state index contributed by atoms with van der Waals surface area (Å²) in [5.41, 5.74) is 2.28. The molecule has 106 valence electrons. The second-order valence-corrected chi connectivity index (χ2v) is 4.88. The number of nitrogens with zero attached hydrogens (tertiary/aromatic N) is 1. The number of fused-ring (bicyclic) bond motifs is 1. The Kier molecular flexibility index (Phi) is 3.10. The lowest BCUT2D eigenvalue weighted by Crippen LogP contribution is -2.06. The van der Waals surface area contributed by atoms with Crippen LogP contribution in [0.3, 0.4) is 0 Å². The zero-order valence-electron chi connectivity index (χ0n) is 11.7. The number of imidazole rings is 1. The van der Waals surface area contributed by atoms with Gasteiger partial charge in [0.2, 0.25) is 0 Å². The van der Waals surface area contributed by atoms with E-state index in [1.807, 2.05) is 31.2 Å². The first-order chi connectivity index (χ1) is 10.0. The number of aryl methyl sites for hydroxylation is 1. The van der Waals surface area contributed by atoms with Crippen LogP contribution < -0.4 is 5.63 Å². The molecule has 3 aromatic rings. The Bertz CT molecular complexity index is 866. The van der Waals surface area contributed by atoms with Crippen LogP contribution in [-0.4, -0.2) is 15.1 Å². The predicted octanol–water partition coefficient (Wildman–Crippen LogP) is 3.41. The van der Waals surface area contributed by atoms with Gasteiger partial charge in [-0.15, -0.1) is 0 Å². The fourth-order valence-electron chi connectivity index (χ4n) is 2.16. The highest BCUT2D eigenvalue weighted by atomic mass is 16.4. The Morgan fingerprint density at radius 2 is 2.14 bits per heavy atom. The van der Waals surface area contributed by atoms with Crippen LogP contribution in [-0.2, 0) is 0 Å². The number of aliphatic hydroxyl groups is 1. The van der Waals surface area contributed by atoms with Crippen LogP contribution in [0.4, 0.5) is 0 Å². The lowest BCUT2D eigenvalue weighted by molar-refractivity contribution is 0.416. The average Bonchev–Trinajstić information content (AvgIpc) is 2.85. The molecule has 0 amide bonds. The Balaban J connectivity index is 2.17. The van der Waals surface area contributed by atoms with E-state index in [-0.39, 0.29) is 5.76 Å². The molecule has 0 saturated heterocycles. The summed E-state index contributed by atoms with van der Waals surface area (Å²) in [5, 5.41) is 9.28. The van der Waals surface area contributed by atoms with Gasteiger partial charge in [0.05, 0.1) is 16.8 Å². The molecular formula is C16H14N2O3. The third-order valence-electron chi connectivity index (χ3n) is 3.16. The molecule has 2 N–H and O–H groups in total. The molecule has 21 heavy (non-hydrogen) atoms. The third-order valence-corrected chi connectivity index (χ3v) is 3.16. The van der Waals surface area contributed by atoms with Crippen LogP contribution in [0, 0.1) is 6.92 Å². The fourth-order valence-corrected chi connectivity index (χ4v) is 2.16. The van der Waals surface area contributed by atoms with E-state index in [4.69, 9.17) is 4.42 Å². The lowest BCUT2D eigenvalue weighted by atomic mass is 10.1. The molecule has 5 heteroatoms. The minimum absolute atomic E-state index is 0.0812.